The van der Waals surface area contributed by atoms with Crippen LogP contribution in [-0.2, 0) is 4.79 Å². The van der Waals surface area contributed by atoms with Crippen molar-refractivity contribution in [2.75, 3.05) is 5.32 Å². The Morgan fingerprint density at radius 3 is 2.78 bits per heavy atom. The topological polar surface area (TPSA) is 88.5 Å². The number of aromatic amines is 1. The summed E-state index contributed by atoms with van der Waals surface area (Å²) in [7, 11) is 0. The zero-order valence-electron chi connectivity index (χ0n) is 10.6. The molecule has 0 aliphatic heterocycles. The van der Waals surface area contributed by atoms with Gasteiger partial charge in [0.1, 0.15) is 18.7 Å². The van der Waals surface area contributed by atoms with Gasteiger partial charge in [0, 0.05) is 11.8 Å². The van der Waals surface area contributed by atoms with E-state index in [2.05, 4.69) is 39.4 Å². The van der Waals surface area contributed by atoms with Crippen molar-refractivity contribution in [2.24, 2.45) is 0 Å². The van der Waals surface area contributed by atoms with Crippen molar-refractivity contribution >= 4 is 11.7 Å². The molecule has 0 aliphatic carbocycles. The number of hydrogen-bond donors (Lipinski definition) is 2. The van der Waals surface area contributed by atoms with Crippen LogP contribution in [0, 0.1) is 0 Å². The fourth-order valence-electron chi connectivity index (χ4n) is 1.46. The van der Waals surface area contributed by atoms with E-state index in [4.69, 9.17) is 0 Å². The van der Waals surface area contributed by atoms with E-state index >= 15 is 0 Å². The van der Waals surface area contributed by atoms with Crippen LogP contribution in [0.5, 0.6) is 0 Å². The van der Waals surface area contributed by atoms with Gasteiger partial charge in [-0.25, -0.2) is 9.67 Å². The van der Waals surface area contributed by atoms with Gasteiger partial charge >= 0.3 is 0 Å². The second kappa shape index (κ2) is 4.99. The molecule has 2 rings (SSSR count). The van der Waals surface area contributed by atoms with Gasteiger partial charge in [-0.3, -0.25) is 9.89 Å². The molecule has 96 valence electrons. The van der Waals surface area contributed by atoms with E-state index in [1.54, 1.807) is 6.92 Å². The quantitative estimate of drug-likeness (QED) is 0.854. The molecule has 1 atom stereocenters. The SMILES string of the molecule is CC(C)c1cc(NC(=O)C(C)n2cncn2)n[nH]1. The maximum Gasteiger partial charge on any atom is 0.250 e. The molecule has 0 saturated heterocycles. The zero-order chi connectivity index (χ0) is 13.1. The summed E-state index contributed by atoms with van der Waals surface area (Å²) < 4.78 is 1.49. The standard InChI is InChI=1S/C11H16N6O/c1-7(2)9-4-10(16-15-9)14-11(18)8(3)17-6-12-5-13-17/h4-8H,1-3H3,(H2,14,15,16,18). The minimum Gasteiger partial charge on any atom is -0.307 e. The van der Waals surface area contributed by atoms with E-state index in [0.717, 1.165) is 5.69 Å². The normalized spacial score (nSPS) is 12.7. The zero-order valence-corrected chi connectivity index (χ0v) is 10.6. The number of carbonyl (C=O) groups excluding carboxylic acids is 1. The summed E-state index contributed by atoms with van der Waals surface area (Å²) >= 11 is 0. The molecule has 7 heteroatoms. The highest BCUT2D eigenvalue weighted by Crippen LogP contribution is 2.15. The molecule has 2 heterocycles. The van der Waals surface area contributed by atoms with Crippen LogP contribution in [0.15, 0.2) is 18.7 Å². The lowest BCUT2D eigenvalue weighted by Crippen LogP contribution is -2.24. The monoisotopic (exact) mass is 248 g/mol. The van der Waals surface area contributed by atoms with Crippen molar-refractivity contribution in [3.63, 3.8) is 0 Å². The number of nitrogens with zero attached hydrogens (tertiary/aromatic N) is 4. The summed E-state index contributed by atoms with van der Waals surface area (Å²) in [6.07, 6.45) is 2.91. The van der Waals surface area contributed by atoms with Crippen LogP contribution < -0.4 is 5.32 Å². The molecule has 0 aromatic carbocycles. The number of amides is 1. The summed E-state index contributed by atoms with van der Waals surface area (Å²) in [5, 5.41) is 13.6. The third-order valence-corrected chi connectivity index (χ3v) is 2.68. The molecule has 7 nitrogen and oxygen atoms in total. The first kappa shape index (κ1) is 12.3. The molecule has 1 unspecified atom stereocenters. The Morgan fingerprint density at radius 2 is 2.22 bits per heavy atom. The summed E-state index contributed by atoms with van der Waals surface area (Å²) in [5.41, 5.74) is 0.985. The lowest BCUT2D eigenvalue weighted by atomic mass is 10.1. The number of rotatable bonds is 4. The fraction of sp³-hybridized carbons (Fsp3) is 0.455. The van der Waals surface area contributed by atoms with E-state index in [1.807, 2.05) is 6.07 Å². The maximum absolute atomic E-state index is 11.9. The van der Waals surface area contributed by atoms with Gasteiger partial charge < -0.3 is 5.32 Å². The van der Waals surface area contributed by atoms with Crippen molar-refractivity contribution in [3.8, 4) is 0 Å². The number of carbonyl (C=O) groups is 1. The Labute approximate surface area is 105 Å². The van der Waals surface area contributed by atoms with Crippen molar-refractivity contribution in [2.45, 2.75) is 32.7 Å². The summed E-state index contributed by atoms with van der Waals surface area (Å²) in [6, 6.07) is 1.41. The molecule has 2 aromatic rings. The van der Waals surface area contributed by atoms with Gasteiger partial charge in [0.2, 0.25) is 5.91 Å². The van der Waals surface area contributed by atoms with Crippen LogP contribution in [0.3, 0.4) is 0 Å². The van der Waals surface area contributed by atoms with E-state index in [1.165, 1.54) is 17.3 Å². The average Bonchev–Trinajstić information content (AvgIpc) is 2.98. The van der Waals surface area contributed by atoms with Gasteiger partial charge in [-0.1, -0.05) is 13.8 Å². The van der Waals surface area contributed by atoms with Crippen molar-refractivity contribution in [1.29, 1.82) is 0 Å². The number of H-pyrrole nitrogens is 1. The maximum atomic E-state index is 11.9. The van der Waals surface area contributed by atoms with Gasteiger partial charge in [0.25, 0.3) is 0 Å². The number of anilines is 1. The highest BCUT2D eigenvalue weighted by atomic mass is 16.2. The molecule has 0 fully saturated rings. The Kier molecular flexibility index (Phi) is 3.40. The van der Waals surface area contributed by atoms with Crippen molar-refractivity contribution < 1.29 is 4.79 Å². The fourth-order valence-corrected chi connectivity index (χ4v) is 1.46. The first-order valence-corrected chi connectivity index (χ1v) is 5.78. The molecule has 0 bridgehead atoms. The van der Waals surface area contributed by atoms with Crippen LogP contribution in [0.1, 0.15) is 38.4 Å². The molecule has 2 aromatic heterocycles. The van der Waals surface area contributed by atoms with Crippen LogP contribution in [0.4, 0.5) is 5.82 Å². The van der Waals surface area contributed by atoms with Gasteiger partial charge in [0.15, 0.2) is 5.82 Å². The van der Waals surface area contributed by atoms with E-state index in [0.29, 0.717) is 11.7 Å². The molecule has 18 heavy (non-hydrogen) atoms. The smallest absolute Gasteiger partial charge is 0.250 e. The summed E-state index contributed by atoms with van der Waals surface area (Å²) in [6.45, 7) is 5.86. The van der Waals surface area contributed by atoms with Crippen LogP contribution in [0.25, 0.3) is 0 Å². The molecular formula is C11H16N6O. The number of hydrogen-bond acceptors (Lipinski definition) is 4. The summed E-state index contributed by atoms with van der Waals surface area (Å²) in [5.74, 6) is 0.689. The Balaban J connectivity index is 2.02. The van der Waals surface area contributed by atoms with Gasteiger partial charge in [-0.05, 0) is 12.8 Å². The first-order chi connectivity index (χ1) is 8.58. The van der Waals surface area contributed by atoms with E-state index in [9.17, 15) is 4.79 Å². The minimum atomic E-state index is -0.424. The summed E-state index contributed by atoms with van der Waals surface area (Å²) in [4.78, 5) is 15.7. The number of nitrogens with one attached hydrogen (secondary N) is 2. The Morgan fingerprint density at radius 1 is 1.44 bits per heavy atom. The molecule has 0 spiro atoms. The second-order valence-electron chi connectivity index (χ2n) is 4.40. The first-order valence-electron chi connectivity index (χ1n) is 5.78. The van der Waals surface area contributed by atoms with Gasteiger partial charge in [-0.2, -0.15) is 10.2 Å². The van der Waals surface area contributed by atoms with Crippen molar-refractivity contribution in [3.05, 3.63) is 24.4 Å². The molecule has 0 aliphatic rings. The van der Waals surface area contributed by atoms with E-state index in [-0.39, 0.29) is 5.91 Å². The third-order valence-electron chi connectivity index (χ3n) is 2.68. The highest BCUT2D eigenvalue weighted by molar-refractivity contribution is 5.92. The van der Waals surface area contributed by atoms with E-state index < -0.39 is 6.04 Å². The lowest BCUT2D eigenvalue weighted by molar-refractivity contribution is -0.119. The average molecular weight is 248 g/mol. The number of aromatic nitrogens is 5. The molecule has 1 amide bonds. The second-order valence-corrected chi connectivity index (χ2v) is 4.40. The largest absolute Gasteiger partial charge is 0.307 e. The highest BCUT2D eigenvalue weighted by Gasteiger charge is 2.16. The third kappa shape index (κ3) is 2.55. The predicted molar refractivity (Wildman–Crippen MR) is 66.0 cm³/mol. The van der Waals surface area contributed by atoms with Crippen LogP contribution >= 0.6 is 0 Å². The van der Waals surface area contributed by atoms with Crippen molar-refractivity contribution in [1.82, 2.24) is 25.0 Å². The van der Waals surface area contributed by atoms with Crippen LogP contribution in [-0.4, -0.2) is 30.9 Å². The molecule has 0 saturated carbocycles. The Bertz CT molecular complexity index is 515. The lowest BCUT2D eigenvalue weighted by Gasteiger charge is -2.09. The molecular weight excluding hydrogens is 232 g/mol. The molecule has 2 N–H and O–H groups in total. The predicted octanol–water partition coefficient (Wildman–Crippen LogP) is 1.32. The van der Waals surface area contributed by atoms with Gasteiger partial charge in [0.05, 0.1) is 0 Å². The Hall–Kier alpha value is -2.18. The van der Waals surface area contributed by atoms with Gasteiger partial charge in [-0.15, -0.1) is 0 Å². The molecule has 0 radical (unpaired) electrons. The minimum absolute atomic E-state index is 0.178. The van der Waals surface area contributed by atoms with Crippen LogP contribution in [0.2, 0.25) is 0 Å².